The molecular weight excluding hydrogens is 510 g/mol. The number of methoxy groups -OCH3 is 1. The second-order valence-corrected chi connectivity index (χ2v) is 9.60. The van der Waals surface area contributed by atoms with Crippen molar-refractivity contribution in [2.45, 2.75) is 12.8 Å². The van der Waals surface area contributed by atoms with Gasteiger partial charge >= 0.3 is 0 Å². The van der Waals surface area contributed by atoms with E-state index in [1.54, 1.807) is 36.4 Å². The molecule has 6 rings (SSSR count). The number of pyridine rings is 1. The standard InChI is InChI=1S/C28H31N9O3/c1-39-25-14-21-24(40-12-8-30-21)15-23(25)37-22-13-20(18(16-29)27-31-5-4-6-32-27)34-17-19(22)26(35-37)28(38)33-7-11-36-9-2-3-10-36/h4-6,13-17,30H,2-3,7-12,29H2,1H3,(H,33,38)/b18-16-. The average Bonchev–Trinajstić information content (AvgIpc) is 3.65. The fourth-order valence-electron chi connectivity index (χ4n) is 5.12. The number of nitrogens with one attached hydrogen (secondary N) is 2. The second-order valence-electron chi connectivity index (χ2n) is 9.60. The van der Waals surface area contributed by atoms with Crippen molar-refractivity contribution >= 4 is 28.1 Å². The zero-order chi connectivity index (χ0) is 27.5. The summed E-state index contributed by atoms with van der Waals surface area (Å²) in [6, 6.07) is 7.30. The van der Waals surface area contributed by atoms with Gasteiger partial charge in [0.1, 0.15) is 23.8 Å². The summed E-state index contributed by atoms with van der Waals surface area (Å²) in [6.07, 6.45) is 8.75. The summed E-state index contributed by atoms with van der Waals surface area (Å²) in [7, 11) is 1.60. The Labute approximate surface area is 231 Å². The molecule has 2 aliphatic heterocycles. The minimum atomic E-state index is -0.270. The number of carbonyl (C=O) groups is 1. The van der Waals surface area contributed by atoms with Crippen LogP contribution >= 0.6 is 0 Å². The molecule has 3 aromatic heterocycles. The van der Waals surface area contributed by atoms with Gasteiger partial charge < -0.3 is 30.7 Å². The third kappa shape index (κ3) is 4.89. The zero-order valence-electron chi connectivity index (χ0n) is 22.3. The maximum Gasteiger partial charge on any atom is 0.272 e. The fraction of sp³-hybridized carbons (Fsp3) is 0.321. The van der Waals surface area contributed by atoms with Crippen LogP contribution in [0.2, 0.25) is 0 Å². The Morgan fingerprint density at radius 1 is 1.20 bits per heavy atom. The van der Waals surface area contributed by atoms with E-state index in [9.17, 15) is 4.79 Å². The number of carbonyl (C=O) groups excluding carboxylic acids is 1. The molecule has 12 heteroatoms. The molecule has 0 atom stereocenters. The van der Waals surface area contributed by atoms with Crippen molar-refractivity contribution in [2.75, 3.05) is 51.8 Å². The molecule has 5 heterocycles. The molecule has 206 valence electrons. The number of amides is 1. The molecule has 1 fully saturated rings. The third-order valence-corrected chi connectivity index (χ3v) is 7.13. The molecule has 0 aliphatic carbocycles. The fourth-order valence-corrected chi connectivity index (χ4v) is 5.12. The summed E-state index contributed by atoms with van der Waals surface area (Å²) in [5, 5.41) is 11.7. The molecular formula is C28H31N9O3. The van der Waals surface area contributed by atoms with E-state index in [0.29, 0.717) is 64.9 Å². The number of ether oxygens (including phenoxy) is 2. The molecule has 40 heavy (non-hydrogen) atoms. The summed E-state index contributed by atoms with van der Waals surface area (Å²) in [5.41, 5.74) is 9.46. The quantitative estimate of drug-likeness (QED) is 0.303. The van der Waals surface area contributed by atoms with Gasteiger partial charge in [0.15, 0.2) is 11.5 Å². The molecule has 12 nitrogen and oxygen atoms in total. The van der Waals surface area contributed by atoms with Gasteiger partial charge in [0.25, 0.3) is 5.91 Å². The highest BCUT2D eigenvalue weighted by molar-refractivity contribution is 6.05. The molecule has 4 N–H and O–H groups in total. The Kier molecular flexibility index (Phi) is 7.15. The van der Waals surface area contributed by atoms with Crippen LogP contribution in [0.4, 0.5) is 5.69 Å². The summed E-state index contributed by atoms with van der Waals surface area (Å²) < 4.78 is 13.3. The summed E-state index contributed by atoms with van der Waals surface area (Å²) in [5.74, 6) is 1.42. The first-order valence-electron chi connectivity index (χ1n) is 13.3. The van der Waals surface area contributed by atoms with Crippen molar-refractivity contribution in [3.8, 4) is 17.2 Å². The predicted octanol–water partition coefficient (Wildman–Crippen LogP) is 2.20. The van der Waals surface area contributed by atoms with Crippen molar-refractivity contribution in [3.05, 3.63) is 66.3 Å². The maximum atomic E-state index is 13.4. The molecule has 0 radical (unpaired) electrons. The van der Waals surface area contributed by atoms with E-state index in [1.165, 1.54) is 19.0 Å². The summed E-state index contributed by atoms with van der Waals surface area (Å²) in [6.45, 7) is 4.71. The van der Waals surface area contributed by atoms with E-state index in [0.717, 1.165) is 25.3 Å². The largest absolute Gasteiger partial charge is 0.494 e. The van der Waals surface area contributed by atoms with Crippen LogP contribution in [0.15, 0.2) is 49.1 Å². The Morgan fingerprint density at radius 2 is 2.02 bits per heavy atom. The second kappa shape index (κ2) is 11.2. The van der Waals surface area contributed by atoms with E-state index in [-0.39, 0.29) is 11.6 Å². The van der Waals surface area contributed by atoms with E-state index in [4.69, 9.17) is 20.3 Å². The van der Waals surface area contributed by atoms with E-state index < -0.39 is 0 Å². The van der Waals surface area contributed by atoms with Crippen LogP contribution < -0.4 is 25.8 Å². The highest BCUT2D eigenvalue weighted by Crippen LogP contribution is 2.38. The van der Waals surface area contributed by atoms with Crippen molar-refractivity contribution < 1.29 is 14.3 Å². The van der Waals surface area contributed by atoms with E-state index in [1.807, 2.05) is 18.2 Å². The number of hydrogen-bond donors (Lipinski definition) is 3. The molecule has 0 bridgehead atoms. The molecule has 2 aliphatic rings. The number of anilines is 1. The van der Waals surface area contributed by atoms with Gasteiger partial charge in [-0.1, -0.05) is 0 Å². The first-order valence-corrected chi connectivity index (χ1v) is 13.3. The minimum Gasteiger partial charge on any atom is -0.494 e. The van der Waals surface area contributed by atoms with Crippen LogP contribution in [0.3, 0.4) is 0 Å². The van der Waals surface area contributed by atoms with Crippen LogP contribution in [0, 0.1) is 0 Å². The number of fused-ring (bicyclic) bond motifs is 2. The van der Waals surface area contributed by atoms with Crippen LogP contribution in [0.1, 0.15) is 34.8 Å². The Bertz CT molecular complexity index is 1560. The van der Waals surface area contributed by atoms with Gasteiger partial charge in [0.05, 0.1) is 35.0 Å². The smallest absolute Gasteiger partial charge is 0.272 e. The molecule has 1 amide bonds. The monoisotopic (exact) mass is 541 g/mol. The molecule has 1 saturated heterocycles. The highest BCUT2D eigenvalue weighted by atomic mass is 16.5. The van der Waals surface area contributed by atoms with Crippen LogP contribution in [0.25, 0.3) is 22.2 Å². The van der Waals surface area contributed by atoms with Gasteiger partial charge in [-0.3, -0.25) is 9.78 Å². The van der Waals surface area contributed by atoms with Gasteiger partial charge in [-0.15, -0.1) is 0 Å². The van der Waals surface area contributed by atoms with Crippen molar-refractivity contribution in [3.63, 3.8) is 0 Å². The lowest BCUT2D eigenvalue weighted by atomic mass is 10.1. The third-order valence-electron chi connectivity index (χ3n) is 7.13. The first kappa shape index (κ1) is 25.6. The number of rotatable bonds is 8. The zero-order valence-corrected chi connectivity index (χ0v) is 22.3. The number of nitrogens with two attached hydrogens (primary N) is 1. The van der Waals surface area contributed by atoms with E-state index in [2.05, 4.69) is 30.5 Å². The van der Waals surface area contributed by atoms with Gasteiger partial charge in [-0.2, -0.15) is 5.10 Å². The Balaban J connectivity index is 1.44. The van der Waals surface area contributed by atoms with Crippen LogP contribution in [-0.4, -0.2) is 82.0 Å². The average molecular weight is 542 g/mol. The van der Waals surface area contributed by atoms with E-state index >= 15 is 0 Å². The number of hydrogen-bond acceptors (Lipinski definition) is 10. The molecule has 1 aromatic carbocycles. The van der Waals surface area contributed by atoms with Gasteiger partial charge in [-0.05, 0) is 38.1 Å². The number of likely N-dealkylation sites (tertiary alicyclic amines) is 1. The lowest BCUT2D eigenvalue weighted by Gasteiger charge is -2.21. The minimum absolute atomic E-state index is 0.267. The number of aromatic nitrogens is 5. The van der Waals surface area contributed by atoms with Gasteiger partial charge in [0, 0.05) is 56.6 Å². The van der Waals surface area contributed by atoms with Crippen molar-refractivity contribution in [1.82, 2.24) is 34.9 Å². The highest BCUT2D eigenvalue weighted by Gasteiger charge is 2.24. The summed E-state index contributed by atoms with van der Waals surface area (Å²) >= 11 is 0. The summed E-state index contributed by atoms with van der Waals surface area (Å²) in [4.78, 5) is 29.0. The van der Waals surface area contributed by atoms with Crippen LogP contribution in [-0.2, 0) is 0 Å². The van der Waals surface area contributed by atoms with Gasteiger partial charge in [-0.25, -0.2) is 14.6 Å². The lowest BCUT2D eigenvalue weighted by Crippen LogP contribution is -2.33. The first-order chi connectivity index (χ1) is 19.7. The van der Waals surface area contributed by atoms with Crippen LogP contribution in [0.5, 0.6) is 11.5 Å². The van der Waals surface area contributed by atoms with Crippen molar-refractivity contribution in [2.24, 2.45) is 5.73 Å². The predicted molar refractivity (Wildman–Crippen MR) is 151 cm³/mol. The molecule has 4 aromatic rings. The SMILES string of the molecule is COc1cc2c(cc1-n1nc(C(=O)NCCN3CCCC3)c3cnc(/C(=C/N)c4ncccn4)cc31)OCCN2. The molecule has 0 unspecified atom stereocenters. The number of benzene rings is 1. The normalized spacial score (nSPS) is 15.4. The topological polar surface area (TPSA) is 145 Å². The molecule has 0 saturated carbocycles. The lowest BCUT2D eigenvalue weighted by molar-refractivity contribution is 0.0946. The Hall–Kier alpha value is -4.71. The number of nitrogens with zero attached hydrogens (tertiary/aromatic N) is 6. The van der Waals surface area contributed by atoms with Gasteiger partial charge in [0.2, 0.25) is 0 Å². The maximum absolute atomic E-state index is 13.4. The Morgan fingerprint density at radius 3 is 2.80 bits per heavy atom. The van der Waals surface area contributed by atoms with Crippen molar-refractivity contribution in [1.29, 1.82) is 0 Å². The molecule has 0 spiro atoms.